The molecule has 1 unspecified atom stereocenters. The molecule has 1 N–H and O–H groups in total. The largest absolute Gasteiger partial charge is 0.492 e. The maximum Gasteiger partial charge on any atom is 0.119 e. The number of anilines is 1. The van der Waals surface area contributed by atoms with E-state index < -0.39 is 0 Å². The van der Waals surface area contributed by atoms with Crippen LogP contribution >= 0.6 is 11.3 Å². The van der Waals surface area contributed by atoms with Crippen LogP contribution in [0.5, 0.6) is 5.75 Å². The fourth-order valence-electron chi connectivity index (χ4n) is 4.16. The molecule has 3 aromatic rings. The van der Waals surface area contributed by atoms with Gasteiger partial charge in [0.25, 0.3) is 0 Å². The van der Waals surface area contributed by atoms with Crippen LogP contribution in [0.1, 0.15) is 10.4 Å². The highest BCUT2D eigenvalue weighted by Gasteiger charge is 2.29. The summed E-state index contributed by atoms with van der Waals surface area (Å²) in [5.41, 5.74) is 2.47. The number of aryl methyl sites for hydroxylation is 1. The van der Waals surface area contributed by atoms with Gasteiger partial charge in [-0.05, 0) is 44.3 Å². The SMILES string of the molecule is Cc1cc2c(s1)NC=c1cccnc1=C2N1CCN(C)C(COc2ccccc2)C1. The molecule has 2 aliphatic rings. The number of rotatable bonds is 4. The molecule has 1 atom stereocenters. The minimum Gasteiger partial charge on any atom is -0.492 e. The average molecular weight is 419 g/mol. The topological polar surface area (TPSA) is 40.6 Å². The number of hydrogen-bond acceptors (Lipinski definition) is 6. The van der Waals surface area contributed by atoms with Crippen molar-refractivity contribution in [1.29, 1.82) is 0 Å². The summed E-state index contributed by atoms with van der Waals surface area (Å²) in [7, 11) is 2.19. The zero-order chi connectivity index (χ0) is 20.5. The van der Waals surface area contributed by atoms with Crippen LogP contribution in [0, 0.1) is 6.92 Å². The van der Waals surface area contributed by atoms with Crippen LogP contribution in [0.15, 0.2) is 54.7 Å². The summed E-state index contributed by atoms with van der Waals surface area (Å²) in [6.07, 6.45) is 3.97. The van der Waals surface area contributed by atoms with Gasteiger partial charge in [0, 0.05) is 47.7 Å². The first-order chi connectivity index (χ1) is 14.7. The van der Waals surface area contributed by atoms with E-state index in [9.17, 15) is 0 Å². The second-order valence-electron chi connectivity index (χ2n) is 7.88. The van der Waals surface area contributed by atoms with Crippen molar-refractivity contribution in [3.8, 4) is 5.75 Å². The van der Waals surface area contributed by atoms with E-state index in [0.717, 1.165) is 36.0 Å². The van der Waals surface area contributed by atoms with E-state index in [-0.39, 0.29) is 0 Å². The summed E-state index contributed by atoms with van der Waals surface area (Å²) in [5.74, 6) is 0.923. The number of pyridine rings is 1. The van der Waals surface area contributed by atoms with Crippen LogP contribution in [-0.2, 0) is 0 Å². The molecule has 6 heteroatoms. The van der Waals surface area contributed by atoms with Gasteiger partial charge in [0.2, 0.25) is 0 Å². The summed E-state index contributed by atoms with van der Waals surface area (Å²) < 4.78 is 6.11. The first-order valence-electron chi connectivity index (χ1n) is 10.3. The van der Waals surface area contributed by atoms with Crippen molar-refractivity contribution in [3.63, 3.8) is 0 Å². The fourth-order valence-corrected chi connectivity index (χ4v) is 5.04. The van der Waals surface area contributed by atoms with E-state index >= 15 is 0 Å². The molecule has 1 aromatic carbocycles. The van der Waals surface area contributed by atoms with Crippen molar-refractivity contribution in [2.75, 3.05) is 38.6 Å². The highest BCUT2D eigenvalue weighted by molar-refractivity contribution is 7.16. The van der Waals surface area contributed by atoms with Gasteiger partial charge in [0.05, 0.1) is 17.1 Å². The zero-order valence-electron chi connectivity index (χ0n) is 17.3. The van der Waals surface area contributed by atoms with Crippen molar-refractivity contribution >= 4 is 28.2 Å². The lowest BCUT2D eigenvalue weighted by Gasteiger charge is -2.41. The van der Waals surface area contributed by atoms with Crippen LogP contribution in [0.3, 0.4) is 0 Å². The molecule has 154 valence electrons. The minimum absolute atomic E-state index is 0.307. The van der Waals surface area contributed by atoms with Gasteiger partial charge in [-0.3, -0.25) is 9.88 Å². The Balaban J connectivity index is 1.49. The van der Waals surface area contributed by atoms with Gasteiger partial charge in [-0.2, -0.15) is 0 Å². The number of piperazine rings is 1. The predicted octanol–water partition coefficient (Wildman–Crippen LogP) is 2.47. The predicted molar refractivity (Wildman–Crippen MR) is 123 cm³/mol. The number of nitrogens with one attached hydrogen (secondary N) is 1. The molecule has 0 saturated carbocycles. The van der Waals surface area contributed by atoms with Crippen molar-refractivity contribution < 1.29 is 4.74 Å². The third kappa shape index (κ3) is 3.68. The second-order valence-corrected chi connectivity index (χ2v) is 9.14. The van der Waals surface area contributed by atoms with E-state index in [0.29, 0.717) is 12.6 Å². The van der Waals surface area contributed by atoms with Crippen molar-refractivity contribution in [2.24, 2.45) is 0 Å². The van der Waals surface area contributed by atoms with E-state index in [4.69, 9.17) is 9.72 Å². The monoisotopic (exact) mass is 418 g/mol. The summed E-state index contributed by atoms with van der Waals surface area (Å²) in [5, 5.41) is 6.88. The summed E-state index contributed by atoms with van der Waals surface area (Å²) >= 11 is 1.80. The van der Waals surface area contributed by atoms with Gasteiger partial charge >= 0.3 is 0 Å². The van der Waals surface area contributed by atoms with E-state index in [1.807, 2.05) is 42.6 Å². The summed E-state index contributed by atoms with van der Waals surface area (Å²) in [6, 6.07) is 16.8. The first kappa shape index (κ1) is 19.2. The number of aromatic nitrogens is 1. The van der Waals surface area contributed by atoms with Crippen LogP contribution in [0.4, 0.5) is 5.00 Å². The molecule has 2 aliphatic heterocycles. The lowest BCUT2D eigenvalue weighted by atomic mass is 10.1. The zero-order valence-corrected chi connectivity index (χ0v) is 18.2. The molecule has 5 rings (SSSR count). The Morgan fingerprint density at radius 2 is 2.03 bits per heavy atom. The third-order valence-electron chi connectivity index (χ3n) is 5.81. The molecule has 4 heterocycles. The Labute approximate surface area is 180 Å². The Bertz CT molecular complexity index is 1160. The van der Waals surface area contributed by atoms with Crippen molar-refractivity contribution in [1.82, 2.24) is 14.8 Å². The average Bonchev–Trinajstić information content (AvgIpc) is 3.07. The molecular formula is C24H26N4OS. The van der Waals surface area contributed by atoms with E-state index in [2.05, 4.69) is 47.4 Å². The van der Waals surface area contributed by atoms with Crippen molar-refractivity contribution in [2.45, 2.75) is 13.0 Å². The maximum atomic E-state index is 6.11. The van der Waals surface area contributed by atoms with Crippen LogP contribution in [0.2, 0.25) is 0 Å². The second kappa shape index (κ2) is 8.13. The molecule has 2 aromatic heterocycles. The van der Waals surface area contributed by atoms with Crippen LogP contribution in [-0.4, -0.2) is 54.1 Å². The molecule has 0 spiro atoms. The summed E-state index contributed by atoms with van der Waals surface area (Å²) in [6.45, 7) is 5.70. The number of likely N-dealkylation sites (N-methyl/N-ethyl adjacent to an activating group) is 1. The highest BCUT2D eigenvalue weighted by Crippen LogP contribution is 2.34. The number of ether oxygens (including phenoxy) is 1. The lowest BCUT2D eigenvalue weighted by Crippen LogP contribution is -2.54. The summed E-state index contributed by atoms with van der Waals surface area (Å²) in [4.78, 5) is 11.0. The Morgan fingerprint density at radius 3 is 2.90 bits per heavy atom. The number of nitrogens with zero attached hydrogens (tertiary/aromatic N) is 3. The number of thiophene rings is 1. The number of benzene rings is 1. The van der Waals surface area contributed by atoms with E-state index in [1.165, 1.54) is 21.1 Å². The Morgan fingerprint density at radius 1 is 1.17 bits per heavy atom. The van der Waals surface area contributed by atoms with Gasteiger partial charge < -0.3 is 15.0 Å². The Hall–Kier alpha value is -2.83. The van der Waals surface area contributed by atoms with E-state index in [1.54, 1.807) is 11.3 Å². The normalized spacial score (nSPS) is 18.7. The maximum absolute atomic E-state index is 6.11. The number of para-hydroxylation sites is 1. The van der Waals surface area contributed by atoms with Gasteiger partial charge in [0.15, 0.2) is 0 Å². The first-order valence-corrected chi connectivity index (χ1v) is 11.2. The van der Waals surface area contributed by atoms with Crippen LogP contribution in [0.25, 0.3) is 11.9 Å². The molecule has 1 fully saturated rings. The molecule has 5 nitrogen and oxygen atoms in total. The van der Waals surface area contributed by atoms with Gasteiger partial charge in [-0.15, -0.1) is 11.3 Å². The highest BCUT2D eigenvalue weighted by atomic mass is 32.1. The molecule has 0 amide bonds. The number of hydrogen-bond donors (Lipinski definition) is 1. The molecule has 0 bridgehead atoms. The fraction of sp³-hybridized carbons (Fsp3) is 0.292. The third-order valence-corrected chi connectivity index (χ3v) is 6.79. The smallest absolute Gasteiger partial charge is 0.119 e. The van der Waals surface area contributed by atoms with Gasteiger partial charge in [-0.25, -0.2) is 0 Å². The van der Waals surface area contributed by atoms with Crippen molar-refractivity contribution in [3.05, 3.63) is 75.7 Å². The molecular weight excluding hydrogens is 392 g/mol. The molecule has 1 saturated heterocycles. The molecule has 0 aliphatic carbocycles. The van der Waals surface area contributed by atoms with Gasteiger partial charge in [0.1, 0.15) is 17.4 Å². The lowest BCUT2D eigenvalue weighted by molar-refractivity contribution is 0.0920. The van der Waals surface area contributed by atoms with Gasteiger partial charge in [-0.1, -0.05) is 18.2 Å². The minimum atomic E-state index is 0.307. The number of fused-ring (bicyclic) bond motifs is 2. The Kier molecular flexibility index (Phi) is 5.19. The molecule has 0 radical (unpaired) electrons. The quantitative estimate of drug-likeness (QED) is 0.705. The standard InChI is InChI=1S/C24H26N4OS/c1-17-13-21-23(22-18(7-6-10-25-22)14-26-24(21)30-17)28-12-11-27(2)19(15-28)16-29-20-8-4-3-5-9-20/h3-10,13-14,19,26H,11-12,15-16H2,1-2H3. The molecule has 30 heavy (non-hydrogen) atoms. The van der Waals surface area contributed by atoms with Crippen LogP contribution < -0.4 is 20.6 Å².